The predicted molar refractivity (Wildman–Crippen MR) is 107 cm³/mol. The summed E-state index contributed by atoms with van der Waals surface area (Å²) >= 11 is 18.5. The van der Waals surface area contributed by atoms with E-state index in [1.54, 1.807) is 30.3 Å². The number of hydrazine groups is 1. The highest BCUT2D eigenvalue weighted by molar-refractivity contribution is 7.89. The number of carbonyl (C=O) groups excluding carboxylic acids is 1. The molecular weight excluding hydrogens is 433 g/mol. The molecule has 0 heterocycles. The molecule has 0 spiro atoms. The highest BCUT2D eigenvalue weighted by Crippen LogP contribution is 2.41. The van der Waals surface area contributed by atoms with Gasteiger partial charge in [0, 0.05) is 12.6 Å². The summed E-state index contributed by atoms with van der Waals surface area (Å²) in [5.74, 6) is -0.445. The molecule has 0 saturated heterocycles. The summed E-state index contributed by atoms with van der Waals surface area (Å²) in [6.45, 7) is 0. The van der Waals surface area contributed by atoms with Gasteiger partial charge in [-0.25, -0.2) is 13.6 Å². The third-order valence-corrected chi connectivity index (χ3v) is 6.16. The molecule has 1 amide bonds. The van der Waals surface area contributed by atoms with Gasteiger partial charge in [-0.3, -0.25) is 14.8 Å². The van der Waals surface area contributed by atoms with Gasteiger partial charge in [-0.1, -0.05) is 40.9 Å². The van der Waals surface area contributed by atoms with Gasteiger partial charge in [0.05, 0.1) is 26.8 Å². The van der Waals surface area contributed by atoms with Crippen LogP contribution in [0, 0.1) is 0 Å². The van der Waals surface area contributed by atoms with Crippen LogP contribution in [0.4, 0.5) is 5.69 Å². The van der Waals surface area contributed by atoms with E-state index < -0.39 is 15.9 Å². The van der Waals surface area contributed by atoms with Gasteiger partial charge in [-0.2, -0.15) is 0 Å². The fraction of sp³-hybridized carbons (Fsp3) is 0.235. The average Bonchev–Trinajstić information content (AvgIpc) is 3.41. The maximum absolute atomic E-state index is 13.0. The molecule has 1 aliphatic rings. The van der Waals surface area contributed by atoms with E-state index in [1.807, 2.05) is 0 Å². The molecule has 0 bridgehead atoms. The fourth-order valence-corrected chi connectivity index (χ4v) is 4.39. The summed E-state index contributed by atoms with van der Waals surface area (Å²) in [5, 5.41) is 9.05. The zero-order valence-electron chi connectivity index (χ0n) is 14.2. The SMILES string of the molecule is CN(C(=O)c1ccc(Cl)c(S(N)(=O)=O)c1)N(c1c(Cl)cccc1Cl)C1CC1. The van der Waals surface area contributed by atoms with Gasteiger partial charge in [0.25, 0.3) is 5.91 Å². The number of nitrogens with two attached hydrogens (primary N) is 1. The lowest BCUT2D eigenvalue weighted by Gasteiger charge is -2.35. The van der Waals surface area contributed by atoms with Gasteiger partial charge < -0.3 is 0 Å². The first-order chi connectivity index (χ1) is 12.6. The first kappa shape index (κ1) is 20.2. The van der Waals surface area contributed by atoms with Crippen LogP contribution in [0.2, 0.25) is 15.1 Å². The number of halogens is 3. The molecule has 0 radical (unpaired) electrons. The molecule has 3 rings (SSSR count). The quantitative estimate of drug-likeness (QED) is 0.702. The van der Waals surface area contributed by atoms with Crippen molar-refractivity contribution in [1.82, 2.24) is 5.01 Å². The van der Waals surface area contributed by atoms with Crippen LogP contribution in [0.15, 0.2) is 41.3 Å². The lowest BCUT2D eigenvalue weighted by Crippen LogP contribution is -2.46. The highest BCUT2D eigenvalue weighted by atomic mass is 35.5. The molecule has 0 atom stereocenters. The molecule has 6 nitrogen and oxygen atoms in total. The molecule has 2 aromatic rings. The van der Waals surface area contributed by atoms with Crippen LogP contribution in [0.5, 0.6) is 0 Å². The Balaban J connectivity index is 2.01. The maximum atomic E-state index is 13.0. The Morgan fingerprint density at radius 1 is 1.07 bits per heavy atom. The van der Waals surface area contributed by atoms with Gasteiger partial charge in [0.2, 0.25) is 10.0 Å². The highest BCUT2D eigenvalue weighted by Gasteiger charge is 2.36. The number of para-hydroxylation sites is 1. The number of sulfonamides is 1. The number of amides is 1. The molecule has 1 saturated carbocycles. The van der Waals surface area contributed by atoms with E-state index in [0.29, 0.717) is 15.7 Å². The molecule has 0 aromatic heterocycles. The molecule has 2 N–H and O–H groups in total. The van der Waals surface area contributed by atoms with Crippen molar-refractivity contribution in [1.29, 1.82) is 0 Å². The Labute approximate surface area is 172 Å². The topological polar surface area (TPSA) is 83.7 Å². The first-order valence-corrected chi connectivity index (χ1v) is 10.6. The van der Waals surface area contributed by atoms with E-state index >= 15 is 0 Å². The average molecular weight is 449 g/mol. The van der Waals surface area contributed by atoms with E-state index in [4.69, 9.17) is 39.9 Å². The molecule has 10 heteroatoms. The number of nitrogens with zero attached hydrogens (tertiary/aromatic N) is 2. The summed E-state index contributed by atoms with van der Waals surface area (Å²) in [6.07, 6.45) is 1.75. The van der Waals surface area contributed by atoms with Crippen LogP contribution in [0.1, 0.15) is 23.2 Å². The Bertz CT molecular complexity index is 989. The molecule has 144 valence electrons. The van der Waals surface area contributed by atoms with Crippen molar-refractivity contribution in [2.75, 3.05) is 12.1 Å². The van der Waals surface area contributed by atoms with E-state index in [1.165, 1.54) is 17.1 Å². The van der Waals surface area contributed by atoms with E-state index in [-0.39, 0.29) is 21.5 Å². The molecule has 1 fully saturated rings. The van der Waals surface area contributed by atoms with Crippen LogP contribution >= 0.6 is 34.8 Å². The Morgan fingerprint density at radius 3 is 2.19 bits per heavy atom. The van der Waals surface area contributed by atoms with Crippen molar-refractivity contribution in [2.45, 2.75) is 23.8 Å². The summed E-state index contributed by atoms with van der Waals surface area (Å²) in [5.41, 5.74) is 0.652. The molecule has 2 aromatic carbocycles. The summed E-state index contributed by atoms with van der Waals surface area (Å²) in [4.78, 5) is 12.7. The van der Waals surface area contributed by atoms with Crippen molar-refractivity contribution >= 4 is 56.4 Å². The van der Waals surface area contributed by atoms with Gasteiger partial charge in [-0.05, 0) is 43.2 Å². The van der Waals surface area contributed by atoms with E-state index in [2.05, 4.69) is 0 Å². The van der Waals surface area contributed by atoms with Crippen LogP contribution in [0.25, 0.3) is 0 Å². The molecule has 27 heavy (non-hydrogen) atoms. The lowest BCUT2D eigenvalue weighted by atomic mass is 10.2. The summed E-state index contributed by atoms with van der Waals surface area (Å²) < 4.78 is 23.4. The van der Waals surface area contributed by atoms with Gasteiger partial charge >= 0.3 is 0 Å². The molecular formula is C17H16Cl3N3O3S. The number of benzene rings is 2. The molecule has 0 unspecified atom stereocenters. The third-order valence-electron chi connectivity index (χ3n) is 4.16. The van der Waals surface area contributed by atoms with Gasteiger partial charge in [-0.15, -0.1) is 0 Å². The number of carbonyl (C=O) groups is 1. The Morgan fingerprint density at radius 2 is 1.67 bits per heavy atom. The van der Waals surface area contributed by atoms with Crippen molar-refractivity contribution in [3.05, 3.63) is 57.0 Å². The second kappa shape index (κ2) is 7.48. The van der Waals surface area contributed by atoms with Crippen LogP contribution in [0.3, 0.4) is 0 Å². The summed E-state index contributed by atoms with van der Waals surface area (Å²) in [6, 6.07) is 9.10. The second-order valence-electron chi connectivity index (χ2n) is 6.16. The Hall–Kier alpha value is -1.51. The zero-order valence-corrected chi connectivity index (χ0v) is 17.3. The smallest absolute Gasteiger partial charge is 0.272 e. The lowest BCUT2D eigenvalue weighted by molar-refractivity contribution is 0.0774. The number of rotatable bonds is 5. The third kappa shape index (κ3) is 4.17. The normalized spacial score (nSPS) is 14.1. The van der Waals surface area contributed by atoms with Gasteiger partial charge in [0.15, 0.2) is 0 Å². The minimum absolute atomic E-state index is 0.0510. The summed E-state index contributed by atoms with van der Waals surface area (Å²) in [7, 11) is -2.49. The minimum atomic E-state index is -4.06. The second-order valence-corrected chi connectivity index (χ2v) is 8.92. The number of anilines is 1. The maximum Gasteiger partial charge on any atom is 0.272 e. The van der Waals surface area contributed by atoms with E-state index in [0.717, 1.165) is 18.9 Å². The standard InChI is InChI=1S/C17H16Cl3N3O3S/c1-22(17(24)10-5-8-12(18)15(9-10)27(21,25)26)23(11-6-7-11)16-13(19)3-2-4-14(16)20/h2-5,8-9,11H,6-7H2,1H3,(H2,21,25,26). The zero-order chi connectivity index (χ0) is 19.9. The molecule has 1 aliphatic carbocycles. The number of hydrogen-bond acceptors (Lipinski definition) is 4. The fourth-order valence-electron chi connectivity index (χ4n) is 2.74. The van der Waals surface area contributed by atoms with Crippen molar-refractivity contribution < 1.29 is 13.2 Å². The number of primary sulfonamides is 1. The van der Waals surface area contributed by atoms with E-state index in [9.17, 15) is 13.2 Å². The van der Waals surface area contributed by atoms with Crippen LogP contribution in [-0.2, 0) is 10.0 Å². The minimum Gasteiger partial charge on any atom is -0.277 e. The Kier molecular flexibility index (Phi) is 5.61. The van der Waals surface area contributed by atoms with Crippen molar-refractivity contribution in [2.24, 2.45) is 5.14 Å². The van der Waals surface area contributed by atoms with Crippen LogP contribution < -0.4 is 10.1 Å². The largest absolute Gasteiger partial charge is 0.277 e. The van der Waals surface area contributed by atoms with Gasteiger partial charge in [0.1, 0.15) is 4.90 Å². The van der Waals surface area contributed by atoms with Crippen molar-refractivity contribution in [3.63, 3.8) is 0 Å². The molecule has 0 aliphatic heterocycles. The van der Waals surface area contributed by atoms with Crippen molar-refractivity contribution in [3.8, 4) is 0 Å². The monoisotopic (exact) mass is 447 g/mol. The predicted octanol–water partition coefficient (Wildman–Crippen LogP) is 3.95. The number of hydrogen-bond donors (Lipinski definition) is 1. The first-order valence-electron chi connectivity index (χ1n) is 7.95. The van der Waals surface area contributed by atoms with Crippen LogP contribution in [-0.4, -0.2) is 32.4 Å².